The standard InChI is InChI=1S/C11H16N4OS/c1-5-15(4)11(16)8(3)13-10-9(6-12)7(2)14-17-10/h8,13H,5H2,1-4H3. The van der Waals surface area contributed by atoms with Crippen LogP contribution < -0.4 is 5.32 Å². The van der Waals surface area contributed by atoms with E-state index in [0.717, 1.165) is 0 Å². The number of rotatable bonds is 4. The van der Waals surface area contributed by atoms with Gasteiger partial charge in [-0.2, -0.15) is 9.64 Å². The monoisotopic (exact) mass is 252 g/mol. The Morgan fingerprint density at radius 1 is 1.71 bits per heavy atom. The maximum Gasteiger partial charge on any atom is 0.244 e. The van der Waals surface area contributed by atoms with E-state index >= 15 is 0 Å². The van der Waals surface area contributed by atoms with E-state index in [-0.39, 0.29) is 11.9 Å². The number of hydrogen-bond acceptors (Lipinski definition) is 5. The van der Waals surface area contributed by atoms with Crippen LogP contribution in [0.3, 0.4) is 0 Å². The van der Waals surface area contributed by atoms with Crippen LogP contribution in [0.15, 0.2) is 0 Å². The molecular formula is C11H16N4OS. The maximum absolute atomic E-state index is 11.8. The molecule has 0 aliphatic rings. The Morgan fingerprint density at radius 3 is 2.88 bits per heavy atom. The van der Waals surface area contributed by atoms with Crippen LogP contribution >= 0.6 is 11.5 Å². The molecule has 1 N–H and O–H groups in total. The van der Waals surface area contributed by atoms with Crippen molar-refractivity contribution in [3.05, 3.63) is 11.3 Å². The van der Waals surface area contributed by atoms with Crippen molar-refractivity contribution >= 4 is 22.4 Å². The lowest BCUT2D eigenvalue weighted by Crippen LogP contribution is -2.38. The molecular weight excluding hydrogens is 236 g/mol. The SMILES string of the molecule is CCN(C)C(=O)C(C)Nc1snc(C)c1C#N. The molecule has 1 aromatic heterocycles. The van der Waals surface area contributed by atoms with Crippen LogP contribution in [-0.2, 0) is 4.79 Å². The smallest absolute Gasteiger partial charge is 0.244 e. The molecule has 0 saturated heterocycles. The third kappa shape index (κ3) is 2.94. The van der Waals surface area contributed by atoms with Crippen LogP contribution in [0.2, 0.25) is 0 Å². The highest BCUT2D eigenvalue weighted by atomic mass is 32.1. The molecule has 17 heavy (non-hydrogen) atoms. The van der Waals surface area contributed by atoms with Gasteiger partial charge in [-0.25, -0.2) is 0 Å². The minimum atomic E-state index is -0.355. The van der Waals surface area contributed by atoms with E-state index in [1.807, 2.05) is 6.92 Å². The first-order valence-corrected chi connectivity index (χ1v) is 6.16. The van der Waals surface area contributed by atoms with Gasteiger partial charge in [-0.1, -0.05) is 0 Å². The molecule has 0 aliphatic carbocycles. The second-order valence-electron chi connectivity index (χ2n) is 3.80. The third-order valence-corrected chi connectivity index (χ3v) is 3.41. The Labute approximate surface area is 105 Å². The molecule has 0 aliphatic heterocycles. The second kappa shape index (κ2) is 5.64. The number of nitrogens with one attached hydrogen (secondary N) is 1. The summed E-state index contributed by atoms with van der Waals surface area (Å²) in [6.45, 7) is 6.15. The number of nitriles is 1. The van der Waals surface area contributed by atoms with Gasteiger partial charge in [0.2, 0.25) is 5.91 Å². The van der Waals surface area contributed by atoms with Gasteiger partial charge in [-0.05, 0) is 32.3 Å². The van der Waals surface area contributed by atoms with Crippen LogP contribution in [0.25, 0.3) is 0 Å². The summed E-state index contributed by atoms with van der Waals surface area (Å²) in [4.78, 5) is 13.5. The third-order valence-electron chi connectivity index (χ3n) is 2.54. The number of carbonyl (C=O) groups is 1. The summed E-state index contributed by atoms with van der Waals surface area (Å²) < 4.78 is 4.10. The van der Waals surface area contributed by atoms with Crippen molar-refractivity contribution in [3.8, 4) is 6.07 Å². The first kappa shape index (κ1) is 13.5. The van der Waals surface area contributed by atoms with Gasteiger partial charge in [-0.3, -0.25) is 4.79 Å². The van der Waals surface area contributed by atoms with Crippen molar-refractivity contribution in [3.63, 3.8) is 0 Å². The molecule has 0 fully saturated rings. The van der Waals surface area contributed by atoms with Crippen molar-refractivity contribution in [2.45, 2.75) is 26.8 Å². The van der Waals surface area contributed by atoms with Gasteiger partial charge in [0, 0.05) is 13.6 Å². The van der Waals surface area contributed by atoms with Crippen molar-refractivity contribution < 1.29 is 4.79 Å². The molecule has 1 amide bonds. The van der Waals surface area contributed by atoms with E-state index in [2.05, 4.69) is 15.8 Å². The topological polar surface area (TPSA) is 69.0 Å². The Balaban J connectivity index is 2.78. The molecule has 0 bridgehead atoms. The highest BCUT2D eigenvalue weighted by Gasteiger charge is 2.19. The lowest BCUT2D eigenvalue weighted by Gasteiger charge is -2.20. The second-order valence-corrected chi connectivity index (χ2v) is 4.58. The first-order chi connectivity index (χ1) is 8.01. The van der Waals surface area contributed by atoms with E-state index in [1.54, 1.807) is 25.8 Å². The number of likely N-dealkylation sites (N-methyl/N-ethyl adjacent to an activating group) is 1. The zero-order chi connectivity index (χ0) is 13.0. The Hall–Kier alpha value is -1.61. The highest BCUT2D eigenvalue weighted by Crippen LogP contribution is 2.24. The fraction of sp³-hybridized carbons (Fsp3) is 0.545. The van der Waals surface area contributed by atoms with Crippen molar-refractivity contribution in [2.75, 3.05) is 18.9 Å². The minimum absolute atomic E-state index is 0.00226. The number of nitrogens with zero attached hydrogens (tertiary/aromatic N) is 3. The van der Waals surface area contributed by atoms with Crippen LogP contribution in [-0.4, -0.2) is 34.8 Å². The Kier molecular flexibility index (Phi) is 4.46. The normalized spacial score (nSPS) is 11.7. The summed E-state index contributed by atoms with van der Waals surface area (Å²) in [6, 6.07) is 1.74. The fourth-order valence-electron chi connectivity index (χ4n) is 1.34. The zero-order valence-electron chi connectivity index (χ0n) is 10.4. The zero-order valence-corrected chi connectivity index (χ0v) is 11.3. The number of hydrogen-bond donors (Lipinski definition) is 1. The predicted molar refractivity (Wildman–Crippen MR) is 68.0 cm³/mol. The average Bonchev–Trinajstić information content (AvgIpc) is 2.67. The summed E-state index contributed by atoms with van der Waals surface area (Å²) >= 11 is 1.21. The number of aromatic nitrogens is 1. The highest BCUT2D eigenvalue weighted by molar-refractivity contribution is 7.10. The summed E-state index contributed by atoms with van der Waals surface area (Å²) in [5.41, 5.74) is 1.22. The quantitative estimate of drug-likeness (QED) is 0.883. The van der Waals surface area contributed by atoms with Crippen LogP contribution in [0, 0.1) is 18.3 Å². The van der Waals surface area contributed by atoms with Gasteiger partial charge in [0.25, 0.3) is 0 Å². The van der Waals surface area contributed by atoms with Crippen molar-refractivity contribution in [1.82, 2.24) is 9.27 Å². The molecule has 1 heterocycles. The largest absolute Gasteiger partial charge is 0.363 e. The first-order valence-electron chi connectivity index (χ1n) is 5.39. The maximum atomic E-state index is 11.8. The summed E-state index contributed by atoms with van der Waals surface area (Å²) in [7, 11) is 1.75. The summed E-state index contributed by atoms with van der Waals surface area (Å²) in [5.74, 6) is 0.00226. The van der Waals surface area contributed by atoms with Gasteiger partial charge in [0.05, 0.1) is 5.69 Å². The van der Waals surface area contributed by atoms with Gasteiger partial charge < -0.3 is 10.2 Å². The average molecular weight is 252 g/mol. The van der Waals surface area contributed by atoms with Gasteiger partial charge in [-0.15, -0.1) is 0 Å². The number of carbonyl (C=O) groups excluding carboxylic acids is 1. The van der Waals surface area contributed by atoms with E-state index in [0.29, 0.717) is 22.8 Å². The molecule has 92 valence electrons. The van der Waals surface area contributed by atoms with Crippen molar-refractivity contribution in [2.24, 2.45) is 0 Å². The fourth-order valence-corrected chi connectivity index (χ4v) is 2.18. The summed E-state index contributed by atoms with van der Waals surface area (Å²) in [6.07, 6.45) is 0. The molecule has 1 unspecified atom stereocenters. The van der Waals surface area contributed by atoms with Gasteiger partial charge in [0.1, 0.15) is 22.7 Å². The molecule has 0 spiro atoms. The van der Waals surface area contributed by atoms with Crippen molar-refractivity contribution in [1.29, 1.82) is 5.26 Å². The van der Waals surface area contributed by atoms with Crippen LogP contribution in [0.5, 0.6) is 0 Å². The number of amides is 1. The Morgan fingerprint density at radius 2 is 2.35 bits per heavy atom. The number of aryl methyl sites for hydroxylation is 1. The lowest BCUT2D eigenvalue weighted by molar-refractivity contribution is -0.130. The van der Waals surface area contributed by atoms with Gasteiger partial charge in [0.15, 0.2) is 0 Å². The minimum Gasteiger partial charge on any atom is -0.363 e. The molecule has 1 aromatic rings. The molecule has 0 aromatic carbocycles. The molecule has 0 radical (unpaired) electrons. The molecule has 5 nitrogen and oxygen atoms in total. The summed E-state index contributed by atoms with van der Waals surface area (Å²) in [5, 5.41) is 12.7. The molecule has 1 rings (SSSR count). The Bertz CT molecular complexity index is 449. The van der Waals surface area contributed by atoms with Crippen LogP contribution in [0.1, 0.15) is 25.1 Å². The van der Waals surface area contributed by atoms with E-state index < -0.39 is 0 Å². The molecule has 0 saturated carbocycles. The van der Waals surface area contributed by atoms with E-state index in [1.165, 1.54) is 11.5 Å². The lowest BCUT2D eigenvalue weighted by atomic mass is 10.2. The molecule has 1 atom stereocenters. The van der Waals surface area contributed by atoms with E-state index in [4.69, 9.17) is 5.26 Å². The van der Waals surface area contributed by atoms with Crippen LogP contribution in [0.4, 0.5) is 5.00 Å². The molecule has 6 heteroatoms. The number of anilines is 1. The van der Waals surface area contributed by atoms with Gasteiger partial charge >= 0.3 is 0 Å². The van der Waals surface area contributed by atoms with E-state index in [9.17, 15) is 4.79 Å². The predicted octanol–water partition coefficient (Wildman–Crippen LogP) is 1.60.